The number of rotatable bonds is 3. The molecule has 1 saturated carbocycles. The Morgan fingerprint density at radius 3 is 2.11 bits per heavy atom. The standard InChI is InChI=1S/C27H32F5NO4S/c1-15(2)22-20-21(19-18(34)14-26(8-3-9-26)25(35)23(19)33-22)27(10-12-36-13-11-27)37-24(20)16-4-6-17(7-5-16)38(28,29,30,31)32/h4-7,15,18,24-25,34-35H,3,8-14H2,1-2H3/t18?,24-,25+/m1/s1. The Morgan fingerprint density at radius 2 is 1.58 bits per heavy atom. The molecular formula is C27H32F5NO4S. The maximum Gasteiger partial charge on any atom is 0.310 e. The molecule has 2 aromatic rings. The van der Waals surface area contributed by atoms with Gasteiger partial charge in [0.15, 0.2) is 0 Å². The smallest absolute Gasteiger partial charge is 0.310 e. The zero-order chi connectivity index (χ0) is 27.4. The van der Waals surface area contributed by atoms with E-state index in [1.165, 1.54) is 0 Å². The SMILES string of the molecule is CC(C)c1nc2c(c3c1[C@@H](c1ccc(S(F)(F)(F)(F)F)cc1)OC31CCOCC1)C(O)CC1(CCC1)[C@H]2O. The second kappa shape index (κ2) is 7.69. The molecule has 6 rings (SSSR count). The first-order chi connectivity index (χ1) is 17.6. The lowest BCUT2D eigenvalue weighted by Gasteiger charge is -2.51. The number of nitrogens with zero attached hydrogens (tertiary/aromatic N) is 1. The molecule has 4 aliphatic rings. The van der Waals surface area contributed by atoms with E-state index in [0.29, 0.717) is 72.7 Å². The number of aliphatic hydroxyl groups excluding tert-OH is 2. The average Bonchev–Trinajstić information content (AvgIpc) is 3.12. The molecule has 0 radical (unpaired) electrons. The van der Waals surface area contributed by atoms with Crippen molar-refractivity contribution in [3.63, 3.8) is 0 Å². The van der Waals surface area contributed by atoms with Crippen LogP contribution in [0.2, 0.25) is 0 Å². The molecule has 11 heteroatoms. The number of hydrogen-bond donors (Lipinski definition) is 2. The average molecular weight is 562 g/mol. The molecular weight excluding hydrogens is 529 g/mol. The molecule has 1 aromatic heterocycles. The first-order valence-corrected chi connectivity index (χ1v) is 15.0. The van der Waals surface area contributed by atoms with Crippen LogP contribution >= 0.6 is 10.2 Å². The first-order valence-electron chi connectivity index (χ1n) is 13.1. The fourth-order valence-electron chi connectivity index (χ4n) is 6.94. The fraction of sp³-hybridized carbons (Fsp3) is 0.593. The van der Waals surface area contributed by atoms with Crippen molar-refractivity contribution in [1.29, 1.82) is 0 Å². The molecule has 2 fully saturated rings. The van der Waals surface area contributed by atoms with Crippen molar-refractivity contribution in [2.75, 3.05) is 13.2 Å². The Kier molecular flexibility index (Phi) is 5.35. The van der Waals surface area contributed by atoms with Gasteiger partial charge in [0, 0.05) is 48.3 Å². The van der Waals surface area contributed by atoms with Gasteiger partial charge in [0.05, 0.1) is 17.4 Å². The number of benzene rings is 1. The third-order valence-electron chi connectivity index (χ3n) is 8.99. The maximum absolute atomic E-state index is 13.4. The molecule has 1 saturated heterocycles. The van der Waals surface area contributed by atoms with Crippen LogP contribution in [-0.2, 0) is 15.1 Å². The molecule has 0 amide bonds. The summed E-state index contributed by atoms with van der Waals surface area (Å²) >= 11 is 0. The Labute approximate surface area is 218 Å². The molecule has 0 bridgehead atoms. The van der Waals surface area contributed by atoms with Crippen molar-refractivity contribution in [2.45, 2.75) is 87.1 Å². The minimum Gasteiger partial charge on any atom is -0.388 e. The summed E-state index contributed by atoms with van der Waals surface area (Å²) in [7, 11) is -9.83. The van der Waals surface area contributed by atoms with E-state index < -0.39 is 44.4 Å². The summed E-state index contributed by atoms with van der Waals surface area (Å²) in [5.41, 5.74) is 1.99. The van der Waals surface area contributed by atoms with Gasteiger partial charge in [-0.3, -0.25) is 4.98 Å². The van der Waals surface area contributed by atoms with Crippen LogP contribution in [0.15, 0.2) is 29.2 Å². The summed E-state index contributed by atoms with van der Waals surface area (Å²) in [6.45, 7) is 4.63. The van der Waals surface area contributed by atoms with Gasteiger partial charge >= 0.3 is 10.2 Å². The lowest BCUT2D eigenvalue weighted by molar-refractivity contribution is -0.124. The summed E-state index contributed by atoms with van der Waals surface area (Å²) in [6, 6.07) is 2.90. The number of aliphatic hydroxyl groups is 2. The van der Waals surface area contributed by atoms with E-state index >= 15 is 0 Å². The van der Waals surface area contributed by atoms with Gasteiger partial charge in [0.25, 0.3) is 0 Å². The molecule has 38 heavy (non-hydrogen) atoms. The normalized spacial score (nSPS) is 29.5. The van der Waals surface area contributed by atoms with Crippen molar-refractivity contribution in [2.24, 2.45) is 5.41 Å². The zero-order valence-corrected chi connectivity index (χ0v) is 22.0. The number of aromatic nitrogens is 1. The van der Waals surface area contributed by atoms with Crippen LogP contribution in [-0.4, -0.2) is 28.4 Å². The Morgan fingerprint density at radius 1 is 0.947 bits per heavy atom. The minimum atomic E-state index is -9.83. The lowest BCUT2D eigenvalue weighted by atomic mass is 9.57. The van der Waals surface area contributed by atoms with Crippen molar-refractivity contribution in [3.05, 3.63) is 57.9 Å². The lowest BCUT2D eigenvalue weighted by Crippen LogP contribution is -2.43. The molecule has 2 N–H and O–H groups in total. The van der Waals surface area contributed by atoms with E-state index in [-0.39, 0.29) is 5.92 Å². The number of hydrogen-bond acceptors (Lipinski definition) is 5. The number of fused-ring (bicyclic) bond motifs is 4. The maximum atomic E-state index is 13.4. The largest absolute Gasteiger partial charge is 0.388 e. The molecule has 2 aliphatic heterocycles. The second-order valence-corrected chi connectivity index (χ2v) is 14.1. The van der Waals surface area contributed by atoms with Gasteiger partial charge in [-0.25, -0.2) is 0 Å². The monoisotopic (exact) mass is 561 g/mol. The summed E-state index contributed by atoms with van der Waals surface area (Å²) in [6.07, 6.45) is 1.28. The van der Waals surface area contributed by atoms with E-state index in [0.717, 1.165) is 37.0 Å². The zero-order valence-electron chi connectivity index (χ0n) is 21.2. The highest BCUT2D eigenvalue weighted by Gasteiger charge is 2.65. The van der Waals surface area contributed by atoms with Gasteiger partial charge in [-0.15, -0.1) is 0 Å². The highest BCUT2D eigenvalue weighted by atomic mass is 32.5. The number of pyridine rings is 1. The minimum absolute atomic E-state index is 0.136. The van der Waals surface area contributed by atoms with Crippen LogP contribution in [0, 0.1) is 5.41 Å². The van der Waals surface area contributed by atoms with Crippen LogP contribution in [0.3, 0.4) is 0 Å². The molecule has 210 valence electrons. The van der Waals surface area contributed by atoms with Gasteiger partial charge in [-0.05, 0) is 48.4 Å². The van der Waals surface area contributed by atoms with E-state index in [9.17, 15) is 29.6 Å². The van der Waals surface area contributed by atoms with Gasteiger partial charge in [0.1, 0.15) is 17.1 Å². The van der Waals surface area contributed by atoms with Gasteiger partial charge in [-0.1, -0.05) is 51.8 Å². The van der Waals surface area contributed by atoms with Crippen LogP contribution in [0.25, 0.3) is 0 Å². The highest BCUT2D eigenvalue weighted by Crippen LogP contribution is 3.02. The van der Waals surface area contributed by atoms with Crippen LogP contribution in [0.4, 0.5) is 19.4 Å². The molecule has 2 spiro atoms. The quantitative estimate of drug-likeness (QED) is 0.377. The Bertz CT molecular complexity index is 1290. The van der Waals surface area contributed by atoms with Gasteiger partial charge in [-0.2, -0.15) is 0 Å². The van der Waals surface area contributed by atoms with Gasteiger partial charge < -0.3 is 19.7 Å². The van der Waals surface area contributed by atoms with E-state index in [4.69, 9.17) is 14.5 Å². The van der Waals surface area contributed by atoms with E-state index in [1.807, 2.05) is 13.8 Å². The molecule has 5 nitrogen and oxygen atoms in total. The highest BCUT2D eigenvalue weighted by molar-refractivity contribution is 8.45. The predicted octanol–water partition coefficient (Wildman–Crippen LogP) is 7.63. The predicted molar refractivity (Wildman–Crippen MR) is 132 cm³/mol. The third kappa shape index (κ3) is 3.91. The number of ether oxygens (including phenoxy) is 2. The fourth-order valence-corrected chi connectivity index (χ4v) is 7.59. The van der Waals surface area contributed by atoms with Crippen LogP contribution < -0.4 is 0 Å². The van der Waals surface area contributed by atoms with Crippen LogP contribution in [0.1, 0.15) is 110 Å². The van der Waals surface area contributed by atoms with Crippen molar-refractivity contribution >= 4 is 10.2 Å². The molecule has 2 aliphatic carbocycles. The molecule has 3 atom stereocenters. The summed E-state index contributed by atoms with van der Waals surface area (Å²) in [4.78, 5) is 2.96. The summed E-state index contributed by atoms with van der Waals surface area (Å²) in [5, 5.41) is 23.0. The molecule has 1 unspecified atom stereocenters. The molecule has 1 aromatic carbocycles. The number of halogens is 5. The summed E-state index contributed by atoms with van der Waals surface area (Å²) in [5.74, 6) is -0.136. The summed E-state index contributed by atoms with van der Waals surface area (Å²) < 4.78 is 79.3. The first kappa shape index (κ1) is 26.4. The van der Waals surface area contributed by atoms with Gasteiger partial charge in [0.2, 0.25) is 0 Å². The Hall–Kier alpha value is -1.79. The van der Waals surface area contributed by atoms with Crippen molar-refractivity contribution in [3.8, 4) is 0 Å². The van der Waals surface area contributed by atoms with Crippen molar-refractivity contribution in [1.82, 2.24) is 4.98 Å². The van der Waals surface area contributed by atoms with E-state index in [1.54, 1.807) is 0 Å². The topological polar surface area (TPSA) is 71.8 Å². The second-order valence-electron chi connectivity index (χ2n) is 11.7. The third-order valence-corrected chi connectivity index (χ3v) is 10.2. The molecule has 3 heterocycles. The van der Waals surface area contributed by atoms with E-state index in [2.05, 4.69) is 0 Å². The van der Waals surface area contributed by atoms with Crippen LogP contribution in [0.5, 0.6) is 0 Å². The Balaban J connectivity index is 1.57. The van der Waals surface area contributed by atoms with Crippen molar-refractivity contribution < 1.29 is 39.1 Å².